The molecule has 1 N–H and O–H groups in total. The number of nitrogens with zero attached hydrogens (tertiary/aromatic N) is 2. The molecule has 2 aromatic rings. The molecule has 1 unspecified atom stereocenters. The molecule has 1 aromatic heterocycles. The lowest BCUT2D eigenvalue weighted by atomic mass is 10.2. The van der Waals surface area contributed by atoms with E-state index in [-0.39, 0.29) is 11.9 Å². The van der Waals surface area contributed by atoms with Crippen LogP contribution in [0.15, 0.2) is 41.0 Å². The topological polar surface area (TPSA) is 54.5 Å². The molecule has 1 atom stereocenters. The number of para-hydroxylation sites is 2. The summed E-state index contributed by atoms with van der Waals surface area (Å²) in [6, 6.07) is 9.24. The number of aromatic nitrogens is 1. The maximum Gasteiger partial charge on any atom is 0.249 e. The van der Waals surface area contributed by atoms with Crippen LogP contribution in [0, 0.1) is 6.92 Å². The maximum absolute atomic E-state index is 12.7. The predicted octanol–water partition coefficient (Wildman–Crippen LogP) is 3.38. The summed E-state index contributed by atoms with van der Waals surface area (Å²) in [5.41, 5.74) is 1.89. The quantitative estimate of drug-likeness (QED) is 0.889. The molecular weight excluding hydrogens is 358 g/mol. The lowest BCUT2D eigenvalue weighted by Gasteiger charge is -2.20. The predicted molar refractivity (Wildman–Crippen MR) is 94.0 cm³/mol. The van der Waals surface area contributed by atoms with Gasteiger partial charge in [-0.05, 0) is 53.0 Å². The van der Waals surface area contributed by atoms with Crippen LogP contribution < -0.4 is 15.0 Å². The summed E-state index contributed by atoms with van der Waals surface area (Å²) in [6.45, 7) is 2.65. The summed E-state index contributed by atoms with van der Waals surface area (Å²) in [7, 11) is 1.61. The molecule has 120 valence electrons. The van der Waals surface area contributed by atoms with E-state index in [1.165, 1.54) is 0 Å². The molecule has 1 fully saturated rings. The van der Waals surface area contributed by atoms with Crippen molar-refractivity contribution in [2.75, 3.05) is 23.9 Å². The van der Waals surface area contributed by atoms with E-state index in [4.69, 9.17) is 4.74 Å². The highest BCUT2D eigenvalue weighted by atomic mass is 79.9. The van der Waals surface area contributed by atoms with E-state index in [0.29, 0.717) is 18.1 Å². The zero-order chi connectivity index (χ0) is 16.4. The van der Waals surface area contributed by atoms with E-state index in [1.807, 2.05) is 37.3 Å². The van der Waals surface area contributed by atoms with Crippen LogP contribution in [0.1, 0.15) is 12.0 Å². The van der Waals surface area contributed by atoms with Crippen LogP contribution in [-0.2, 0) is 4.79 Å². The molecule has 0 bridgehead atoms. The minimum atomic E-state index is -0.270. The number of aryl methyl sites for hydroxylation is 1. The first-order chi connectivity index (χ1) is 11.1. The summed E-state index contributed by atoms with van der Waals surface area (Å²) in [5, 5.41) is 3.23. The number of ether oxygens (including phenoxy) is 1. The average Bonchev–Trinajstić information content (AvgIpc) is 2.91. The molecule has 3 rings (SSSR count). The van der Waals surface area contributed by atoms with Gasteiger partial charge in [0.1, 0.15) is 17.6 Å². The van der Waals surface area contributed by atoms with Crippen LogP contribution in [0.3, 0.4) is 0 Å². The standard InChI is InChI=1S/C17H18BrN3O2/c1-11-9-16(19-10-12(11)18)20-13-7-8-21(17(13)22)14-5-3-4-6-15(14)23-2/h3-6,9-10,13H,7-8H2,1-2H3,(H,19,20). The maximum atomic E-state index is 12.7. The highest BCUT2D eigenvalue weighted by molar-refractivity contribution is 9.10. The van der Waals surface area contributed by atoms with Crippen LogP contribution in [-0.4, -0.2) is 30.6 Å². The average molecular weight is 376 g/mol. The second-order valence-electron chi connectivity index (χ2n) is 5.47. The van der Waals surface area contributed by atoms with Crippen molar-refractivity contribution in [1.82, 2.24) is 4.98 Å². The van der Waals surface area contributed by atoms with E-state index >= 15 is 0 Å². The Balaban J connectivity index is 1.77. The number of rotatable bonds is 4. The van der Waals surface area contributed by atoms with E-state index in [9.17, 15) is 4.79 Å². The largest absolute Gasteiger partial charge is 0.495 e. The first-order valence-electron chi connectivity index (χ1n) is 7.43. The van der Waals surface area contributed by atoms with Crippen molar-refractivity contribution >= 4 is 33.3 Å². The molecule has 0 radical (unpaired) electrons. The van der Waals surface area contributed by atoms with Crippen molar-refractivity contribution in [1.29, 1.82) is 0 Å². The van der Waals surface area contributed by atoms with Crippen LogP contribution in [0.2, 0.25) is 0 Å². The molecule has 2 heterocycles. The van der Waals surface area contributed by atoms with Gasteiger partial charge >= 0.3 is 0 Å². The summed E-state index contributed by atoms with van der Waals surface area (Å²) in [5.74, 6) is 1.46. The molecule has 1 saturated heterocycles. The van der Waals surface area contributed by atoms with E-state index < -0.39 is 0 Å². The molecular formula is C17H18BrN3O2. The van der Waals surface area contributed by atoms with Crippen molar-refractivity contribution < 1.29 is 9.53 Å². The Morgan fingerprint density at radius 1 is 1.39 bits per heavy atom. The van der Waals surface area contributed by atoms with Gasteiger partial charge in [0.2, 0.25) is 5.91 Å². The van der Waals surface area contributed by atoms with Gasteiger partial charge in [0.05, 0.1) is 12.8 Å². The van der Waals surface area contributed by atoms with Gasteiger partial charge in [0.25, 0.3) is 0 Å². The lowest BCUT2D eigenvalue weighted by Crippen LogP contribution is -2.33. The molecule has 5 nitrogen and oxygen atoms in total. The molecule has 23 heavy (non-hydrogen) atoms. The number of carbonyl (C=O) groups is 1. The minimum Gasteiger partial charge on any atom is -0.495 e. The van der Waals surface area contributed by atoms with Gasteiger partial charge in [-0.3, -0.25) is 4.79 Å². The Hall–Kier alpha value is -2.08. The number of benzene rings is 1. The number of carbonyl (C=O) groups excluding carboxylic acids is 1. The van der Waals surface area contributed by atoms with Crippen molar-refractivity contribution in [2.45, 2.75) is 19.4 Å². The Morgan fingerprint density at radius 2 is 2.17 bits per heavy atom. The van der Waals surface area contributed by atoms with Gasteiger partial charge in [-0.15, -0.1) is 0 Å². The smallest absolute Gasteiger partial charge is 0.249 e. The molecule has 1 aliphatic heterocycles. The van der Waals surface area contributed by atoms with E-state index in [0.717, 1.165) is 22.1 Å². The Bertz CT molecular complexity index is 736. The van der Waals surface area contributed by atoms with E-state index in [2.05, 4.69) is 26.2 Å². The summed E-state index contributed by atoms with van der Waals surface area (Å²) < 4.78 is 6.31. The fourth-order valence-corrected chi connectivity index (χ4v) is 2.92. The van der Waals surface area contributed by atoms with Crippen LogP contribution in [0.25, 0.3) is 0 Å². The van der Waals surface area contributed by atoms with Gasteiger partial charge in [-0.2, -0.15) is 0 Å². The Kier molecular flexibility index (Phi) is 4.52. The van der Waals surface area contributed by atoms with Crippen LogP contribution in [0.5, 0.6) is 5.75 Å². The molecule has 1 aromatic carbocycles. The SMILES string of the molecule is COc1ccccc1N1CCC(Nc2cc(C)c(Br)cn2)C1=O. The van der Waals surface area contributed by atoms with Crippen molar-refractivity contribution in [3.63, 3.8) is 0 Å². The molecule has 1 aliphatic rings. The number of hydrogen-bond acceptors (Lipinski definition) is 4. The van der Waals surface area contributed by atoms with Crippen molar-refractivity contribution in [2.24, 2.45) is 0 Å². The number of pyridine rings is 1. The van der Waals surface area contributed by atoms with Gasteiger partial charge < -0.3 is 15.0 Å². The number of hydrogen-bond donors (Lipinski definition) is 1. The minimum absolute atomic E-state index is 0.0388. The second kappa shape index (κ2) is 6.58. The fourth-order valence-electron chi connectivity index (χ4n) is 2.70. The van der Waals surface area contributed by atoms with Crippen LogP contribution in [0.4, 0.5) is 11.5 Å². The zero-order valence-electron chi connectivity index (χ0n) is 13.0. The van der Waals surface area contributed by atoms with Gasteiger partial charge in [-0.1, -0.05) is 12.1 Å². The molecule has 0 aliphatic carbocycles. The van der Waals surface area contributed by atoms with Crippen molar-refractivity contribution in [3.05, 3.63) is 46.6 Å². The third-order valence-corrected chi connectivity index (χ3v) is 4.78. The molecule has 0 saturated carbocycles. The number of amides is 1. The summed E-state index contributed by atoms with van der Waals surface area (Å²) in [4.78, 5) is 18.8. The second-order valence-corrected chi connectivity index (χ2v) is 6.32. The third kappa shape index (κ3) is 3.17. The lowest BCUT2D eigenvalue weighted by molar-refractivity contribution is -0.117. The first-order valence-corrected chi connectivity index (χ1v) is 8.22. The highest BCUT2D eigenvalue weighted by Crippen LogP contribution is 2.31. The third-order valence-electron chi connectivity index (χ3n) is 3.95. The number of methoxy groups -OCH3 is 1. The highest BCUT2D eigenvalue weighted by Gasteiger charge is 2.34. The monoisotopic (exact) mass is 375 g/mol. The van der Waals surface area contributed by atoms with Gasteiger partial charge in [0.15, 0.2) is 0 Å². The first kappa shape index (κ1) is 15.8. The number of halogens is 1. The van der Waals surface area contributed by atoms with Crippen molar-refractivity contribution in [3.8, 4) is 5.75 Å². The van der Waals surface area contributed by atoms with E-state index in [1.54, 1.807) is 18.2 Å². The Labute approximate surface area is 143 Å². The molecule has 0 spiro atoms. The summed E-state index contributed by atoms with van der Waals surface area (Å²) in [6.07, 6.45) is 2.47. The molecule has 1 amide bonds. The number of nitrogens with one attached hydrogen (secondary N) is 1. The zero-order valence-corrected chi connectivity index (χ0v) is 14.6. The Morgan fingerprint density at radius 3 is 2.91 bits per heavy atom. The molecule has 6 heteroatoms. The summed E-state index contributed by atoms with van der Waals surface area (Å²) >= 11 is 3.43. The normalized spacial score (nSPS) is 17.4. The fraction of sp³-hybridized carbons (Fsp3) is 0.294. The van der Waals surface area contributed by atoms with Gasteiger partial charge in [-0.25, -0.2) is 4.98 Å². The van der Waals surface area contributed by atoms with Crippen LogP contribution >= 0.6 is 15.9 Å². The number of anilines is 2. The van der Waals surface area contributed by atoms with Gasteiger partial charge in [0, 0.05) is 17.2 Å².